The van der Waals surface area contributed by atoms with Gasteiger partial charge >= 0.3 is 32.9 Å². The highest BCUT2D eigenvalue weighted by molar-refractivity contribution is 7.81. The highest BCUT2D eigenvalue weighted by Gasteiger charge is 2.55. The number of unbranched alkanes of at least 4 members (excludes halogenated alkanes) is 2. The van der Waals surface area contributed by atoms with Gasteiger partial charge < -0.3 is 78.0 Å². The van der Waals surface area contributed by atoms with E-state index in [1.807, 2.05) is 66.7 Å². The summed E-state index contributed by atoms with van der Waals surface area (Å²) in [5, 5.41) is 48.1. The second kappa shape index (κ2) is 31.0. The number of aliphatic carboxylic acids is 1. The molecule has 470 valence electrons. The lowest BCUT2D eigenvalue weighted by Gasteiger charge is -2.50. The molecule has 7 N–H and O–H groups in total. The molecule has 26 nitrogen and oxygen atoms in total. The highest BCUT2D eigenvalue weighted by Crippen LogP contribution is 2.40. The van der Waals surface area contributed by atoms with E-state index in [9.17, 15) is 56.0 Å². The minimum atomic E-state index is -5.09. The van der Waals surface area contributed by atoms with E-state index in [4.69, 9.17) is 55.7 Å². The van der Waals surface area contributed by atoms with Gasteiger partial charge in [0.1, 0.15) is 49.3 Å². The molecule has 0 radical (unpaired) electrons. The van der Waals surface area contributed by atoms with Gasteiger partial charge in [0.05, 0.1) is 44.2 Å². The fourth-order valence-corrected chi connectivity index (χ4v) is 11.4. The zero-order valence-corrected chi connectivity index (χ0v) is 49.2. The number of hydrogen-bond donors (Lipinski definition) is 7. The Hall–Kier alpha value is -4.38. The Labute approximate surface area is 489 Å². The molecular formula is C56H80N2O24S2. The molecule has 8 unspecified atom stereocenters. The van der Waals surface area contributed by atoms with E-state index >= 15 is 0 Å². The van der Waals surface area contributed by atoms with Gasteiger partial charge in [0.2, 0.25) is 0 Å². The van der Waals surface area contributed by atoms with Gasteiger partial charge in [-0.1, -0.05) is 119 Å². The molecule has 28 heteroatoms. The normalized spacial score (nSPS) is 33.9. The maximum atomic E-state index is 13.3. The summed E-state index contributed by atoms with van der Waals surface area (Å²) in [5.41, 5.74) is 2.55. The first-order chi connectivity index (χ1) is 39.9. The highest BCUT2D eigenvalue weighted by atomic mass is 32.3. The number of ether oxygens (including phenoxy) is 10. The van der Waals surface area contributed by atoms with Crippen molar-refractivity contribution in [3.8, 4) is 0 Å². The predicted molar refractivity (Wildman–Crippen MR) is 293 cm³/mol. The van der Waals surface area contributed by atoms with E-state index in [-0.39, 0.29) is 19.8 Å². The number of carbonyl (C=O) groups excluding carboxylic acids is 1. The number of nitrogens with zero attached hydrogens (tertiary/aromatic N) is 1. The van der Waals surface area contributed by atoms with Gasteiger partial charge in [-0.2, -0.15) is 16.8 Å². The zero-order chi connectivity index (χ0) is 60.9. The molecule has 3 aromatic carbocycles. The Bertz CT molecular complexity index is 2730. The van der Waals surface area contributed by atoms with Crippen LogP contribution in [0, 0.1) is 23.7 Å². The molecular weight excluding hydrogens is 1150 g/mol. The molecule has 0 bridgehead atoms. The van der Waals surface area contributed by atoms with Crippen molar-refractivity contribution >= 4 is 32.9 Å². The molecule has 4 aliphatic rings. The fourth-order valence-electron chi connectivity index (χ4n) is 10.8. The van der Waals surface area contributed by atoms with Crippen LogP contribution in [-0.2, 0) is 101 Å². The van der Waals surface area contributed by atoms with Crippen molar-refractivity contribution in [3.63, 3.8) is 0 Å². The van der Waals surface area contributed by atoms with Gasteiger partial charge in [0.15, 0.2) is 31.3 Å². The Morgan fingerprint density at radius 1 is 0.560 bits per heavy atom. The number of aliphatic hydroxyl groups is 3. The van der Waals surface area contributed by atoms with E-state index in [1.54, 1.807) is 56.9 Å². The number of amides is 1. The van der Waals surface area contributed by atoms with Crippen LogP contribution in [0.15, 0.2) is 91.0 Å². The van der Waals surface area contributed by atoms with Crippen LogP contribution >= 0.6 is 0 Å². The number of nitrogens with one attached hydrogen (secondary N) is 1. The first-order valence-electron chi connectivity index (χ1n) is 28.0. The van der Waals surface area contributed by atoms with Crippen molar-refractivity contribution in [1.29, 1.82) is 0 Å². The lowest BCUT2D eigenvalue weighted by Crippen LogP contribution is -2.66. The van der Waals surface area contributed by atoms with Crippen LogP contribution in [0.2, 0.25) is 0 Å². The van der Waals surface area contributed by atoms with Crippen LogP contribution < -0.4 is 5.32 Å². The van der Waals surface area contributed by atoms with Gasteiger partial charge in [-0.05, 0) is 55.8 Å². The summed E-state index contributed by atoms with van der Waals surface area (Å²) in [6, 6.07) is 27.0. The maximum absolute atomic E-state index is 13.3. The Morgan fingerprint density at radius 3 is 1.64 bits per heavy atom. The van der Waals surface area contributed by atoms with E-state index in [0.717, 1.165) is 16.7 Å². The monoisotopic (exact) mass is 1230 g/mol. The molecule has 4 aliphatic heterocycles. The smallest absolute Gasteiger partial charge is 0.410 e. The number of carboxylic acids is 1. The van der Waals surface area contributed by atoms with Gasteiger partial charge in [0.25, 0.3) is 0 Å². The van der Waals surface area contributed by atoms with Crippen LogP contribution in [0.25, 0.3) is 0 Å². The average Bonchev–Trinajstić information content (AvgIpc) is 3.65. The minimum absolute atomic E-state index is 0.0182. The molecule has 4 heterocycles. The summed E-state index contributed by atoms with van der Waals surface area (Å²) in [5.74, 6) is -4.54. The Morgan fingerprint density at radius 2 is 1.08 bits per heavy atom. The van der Waals surface area contributed by atoms with E-state index in [0.29, 0.717) is 32.4 Å². The summed E-state index contributed by atoms with van der Waals surface area (Å²) in [4.78, 5) is 28.0. The molecule has 1 amide bonds. The second-order valence-corrected chi connectivity index (χ2v) is 23.8. The predicted octanol–water partition coefficient (Wildman–Crippen LogP) is 3.61. The van der Waals surface area contributed by atoms with Crippen molar-refractivity contribution in [2.75, 3.05) is 33.4 Å². The van der Waals surface area contributed by atoms with Crippen LogP contribution in [0.4, 0.5) is 4.79 Å². The molecule has 7 rings (SSSR count). The number of hydrogen-bond acceptors (Lipinski definition) is 22. The van der Waals surface area contributed by atoms with Crippen LogP contribution in [-0.4, -0.2) is 195 Å². The van der Waals surface area contributed by atoms with E-state index < -0.39 is 168 Å². The third-order valence-electron chi connectivity index (χ3n) is 15.7. The molecule has 20 atom stereocenters. The summed E-state index contributed by atoms with van der Waals surface area (Å²) >= 11 is 0. The minimum Gasteiger partial charge on any atom is -0.479 e. The molecule has 84 heavy (non-hydrogen) atoms. The largest absolute Gasteiger partial charge is 0.479 e. The quantitative estimate of drug-likeness (QED) is 0.0403. The molecule has 0 aliphatic carbocycles. The third kappa shape index (κ3) is 18.6. The van der Waals surface area contributed by atoms with Gasteiger partial charge in [-0.15, -0.1) is 0 Å². The van der Waals surface area contributed by atoms with Crippen LogP contribution in [0.1, 0.15) is 70.6 Å². The SMILES string of the molecule is CNC1[C@@H](O[C@@H]2C(C(=O)O)O[C@@H](O[C@@H]3C(COS(=O)(=O)O)O[C@H](OCCCCCN(Cc4ccccc4)C(=O)OCc4ccccc4)C(C)[C@H]3C)C(O)[C@H]2C)OC(COS(=O)(=O)O)[C@@H](O[C@@H]2OC(C)[C@@H](O)[C@@H](OCc3ccccc3)C2O)[C@@H]1C. The fraction of sp³-hybridized carbons (Fsp3) is 0.643. The number of carboxylic acid groups (broad SMARTS) is 1. The Kier molecular flexibility index (Phi) is 24.8. The molecule has 0 spiro atoms. The van der Waals surface area contributed by atoms with E-state index in [2.05, 4.69) is 5.32 Å². The first kappa shape index (κ1) is 67.1. The molecule has 0 aromatic heterocycles. The number of benzene rings is 3. The summed E-state index contributed by atoms with van der Waals surface area (Å²) in [7, 11) is -8.58. The summed E-state index contributed by atoms with van der Waals surface area (Å²) in [6.45, 7) is 7.60. The van der Waals surface area contributed by atoms with Gasteiger partial charge in [0, 0.05) is 37.5 Å². The number of likely N-dealkylation sites (N-methyl/N-ethyl adjacent to an activating group) is 1. The van der Waals surface area contributed by atoms with Crippen LogP contribution in [0.3, 0.4) is 0 Å². The van der Waals surface area contributed by atoms with Crippen LogP contribution in [0.5, 0.6) is 0 Å². The third-order valence-corrected chi connectivity index (χ3v) is 16.6. The standard InChI is InChI=1S/C56H80N2O24S2/c1-32-33(2)52(71-26-18-10-17-25-58(27-37-19-11-7-12-20-37)56(64)73-29-39-23-15-9-16-24-39)77-40(30-74-83(65,66)67)46(32)79-54-43(59)35(4)48(50(82-54)51(62)63)81-53-42(57-6)34(3)47(41(78-53)31-75-84(68,69)70)80-55-45(61)49(44(60)36(5)76-55)72-28-38-21-13-8-14-22-38/h7-9,11-16,19-24,32-36,40-50,52-55,57,59-61H,10,17-18,25-31H2,1-6H3,(H,62,63)(H,65,66,67)(H,68,69,70)/t32-,33?,34-,35-,36?,40?,41?,42?,43?,44-,45?,46+,47+,48+,49-,50?,52+,53-,54-,55+/m1/s1. The molecule has 0 saturated carbocycles. The number of rotatable bonds is 28. The summed E-state index contributed by atoms with van der Waals surface area (Å²) in [6.07, 6.45) is -19.5. The zero-order valence-electron chi connectivity index (χ0n) is 47.6. The van der Waals surface area contributed by atoms with Crippen molar-refractivity contribution in [2.24, 2.45) is 23.7 Å². The molecule has 4 saturated heterocycles. The van der Waals surface area contributed by atoms with Crippen molar-refractivity contribution in [1.82, 2.24) is 10.2 Å². The van der Waals surface area contributed by atoms with Crippen molar-refractivity contribution in [3.05, 3.63) is 108 Å². The molecule has 3 aromatic rings. The lowest BCUT2D eigenvalue weighted by molar-refractivity contribution is -0.364. The average molecular weight is 1230 g/mol. The first-order valence-corrected chi connectivity index (χ1v) is 30.7. The summed E-state index contributed by atoms with van der Waals surface area (Å²) < 4.78 is 138. The topological polar surface area (TPSA) is 350 Å². The van der Waals surface area contributed by atoms with Gasteiger partial charge in [-0.25, -0.2) is 18.0 Å². The maximum Gasteiger partial charge on any atom is 0.410 e. The number of aliphatic hydroxyl groups excluding tert-OH is 3. The van der Waals surface area contributed by atoms with E-state index in [1.165, 1.54) is 14.0 Å². The molecule has 4 fully saturated rings. The van der Waals surface area contributed by atoms with Gasteiger partial charge in [-0.3, -0.25) is 9.11 Å². The van der Waals surface area contributed by atoms with Crippen molar-refractivity contribution < 1.29 is 112 Å². The number of carbonyl (C=O) groups is 2. The van der Waals surface area contributed by atoms with Crippen molar-refractivity contribution in [2.45, 2.75) is 172 Å². The Balaban J connectivity index is 0.985. The lowest BCUT2D eigenvalue weighted by atomic mass is 9.84. The second-order valence-electron chi connectivity index (χ2n) is 21.6.